The lowest BCUT2D eigenvalue weighted by Crippen LogP contribution is -2.36. The van der Waals surface area contributed by atoms with Crippen molar-refractivity contribution in [3.8, 4) is 17.2 Å². The van der Waals surface area contributed by atoms with E-state index in [0.717, 1.165) is 29.8 Å². The number of nitrogens with zero attached hydrogens (tertiary/aromatic N) is 4. The molecular weight excluding hydrogens is 369 g/mol. The van der Waals surface area contributed by atoms with Crippen LogP contribution in [0.25, 0.3) is 16.8 Å². The highest BCUT2D eigenvalue weighted by molar-refractivity contribution is 7.27. The quantitative estimate of drug-likeness (QED) is 0.685. The number of nitriles is 1. The van der Waals surface area contributed by atoms with Gasteiger partial charge in [-0.2, -0.15) is 5.26 Å². The molecule has 4 rings (SSSR count). The van der Waals surface area contributed by atoms with Crippen LogP contribution in [0.2, 0.25) is 5.02 Å². The first-order chi connectivity index (χ1) is 12.6. The molecule has 1 aliphatic rings. The van der Waals surface area contributed by atoms with Gasteiger partial charge in [0.25, 0.3) is 0 Å². The number of anilines is 2. The predicted molar refractivity (Wildman–Crippen MR) is 107 cm³/mol. The summed E-state index contributed by atoms with van der Waals surface area (Å²) in [6.07, 6.45) is 3.68. The molecule has 2 N–H and O–H groups in total. The van der Waals surface area contributed by atoms with Crippen LogP contribution in [0.1, 0.15) is 5.56 Å². The monoisotopic (exact) mass is 385 g/mol. The van der Waals surface area contributed by atoms with Gasteiger partial charge in [-0.05, 0) is 11.4 Å². The molecule has 0 bridgehead atoms. The number of pyridine rings is 1. The average Bonchev–Trinajstić information content (AvgIpc) is 3.07. The Hall–Kier alpha value is -2.32. The fourth-order valence-electron chi connectivity index (χ4n) is 3.23. The molecule has 26 heavy (non-hydrogen) atoms. The first-order valence-corrected chi connectivity index (χ1v) is 9.13. The SMILES string of the molecule is N#Cc1c(-c2ccc(P)cc2Cl)cn2c(N3CCOCC3)cnc2c1N. The van der Waals surface area contributed by atoms with Gasteiger partial charge in [0.2, 0.25) is 0 Å². The third-order valence-electron chi connectivity index (χ3n) is 4.55. The number of halogens is 1. The second kappa shape index (κ2) is 6.77. The van der Waals surface area contributed by atoms with Crippen molar-refractivity contribution in [2.45, 2.75) is 0 Å². The Morgan fingerprint density at radius 3 is 2.73 bits per heavy atom. The van der Waals surface area contributed by atoms with Crippen molar-refractivity contribution in [1.82, 2.24) is 9.38 Å². The zero-order valence-corrected chi connectivity index (χ0v) is 15.9. The van der Waals surface area contributed by atoms with E-state index < -0.39 is 0 Å². The second-order valence-corrected chi connectivity index (χ2v) is 7.17. The van der Waals surface area contributed by atoms with Crippen molar-refractivity contribution in [1.29, 1.82) is 5.26 Å². The highest BCUT2D eigenvalue weighted by atomic mass is 35.5. The number of imidazole rings is 1. The van der Waals surface area contributed by atoms with Crippen LogP contribution in [-0.4, -0.2) is 35.7 Å². The number of aromatic nitrogens is 2. The summed E-state index contributed by atoms with van der Waals surface area (Å²) in [4.78, 5) is 6.64. The second-order valence-electron chi connectivity index (χ2n) is 6.09. The van der Waals surface area contributed by atoms with Gasteiger partial charge in [-0.3, -0.25) is 4.40 Å². The number of ether oxygens (including phenoxy) is 1. The van der Waals surface area contributed by atoms with Gasteiger partial charge < -0.3 is 15.4 Å². The zero-order valence-electron chi connectivity index (χ0n) is 13.9. The lowest BCUT2D eigenvalue weighted by Gasteiger charge is -2.28. The van der Waals surface area contributed by atoms with Crippen molar-refractivity contribution >= 4 is 43.3 Å². The fourth-order valence-corrected chi connectivity index (χ4v) is 3.89. The summed E-state index contributed by atoms with van der Waals surface area (Å²) in [6, 6.07) is 7.89. The minimum Gasteiger partial charge on any atom is -0.395 e. The van der Waals surface area contributed by atoms with Gasteiger partial charge in [0.1, 0.15) is 11.9 Å². The third kappa shape index (κ3) is 2.79. The van der Waals surface area contributed by atoms with Crippen LogP contribution in [0.15, 0.2) is 30.6 Å². The Balaban J connectivity index is 1.96. The Morgan fingerprint density at radius 2 is 2.04 bits per heavy atom. The van der Waals surface area contributed by atoms with Crippen LogP contribution in [0.3, 0.4) is 0 Å². The molecule has 8 heteroatoms. The van der Waals surface area contributed by atoms with Gasteiger partial charge in [0, 0.05) is 35.4 Å². The zero-order chi connectivity index (χ0) is 18.3. The Morgan fingerprint density at radius 1 is 1.27 bits per heavy atom. The molecule has 1 atom stereocenters. The number of hydrogen-bond acceptors (Lipinski definition) is 5. The maximum absolute atomic E-state index is 9.68. The molecule has 0 spiro atoms. The average molecular weight is 386 g/mol. The van der Waals surface area contributed by atoms with Crippen LogP contribution in [0.4, 0.5) is 11.5 Å². The number of rotatable bonds is 2. The van der Waals surface area contributed by atoms with E-state index in [9.17, 15) is 5.26 Å². The van der Waals surface area contributed by atoms with Crippen molar-refractivity contribution in [2.24, 2.45) is 0 Å². The normalized spacial score (nSPS) is 14.6. The molecule has 1 aliphatic heterocycles. The number of fused-ring (bicyclic) bond motifs is 1. The van der Waals surface area contributed by atoms with Crippen molar-refractivity contribution in [2.75, 3.05) is 36.9 Å². The third-order valence-corrected chi connectivity index (χ3v) is 5.22. The minimum absolute atomic E-state index is 0.357. The first kappa shape index (κ1) is 17.1. The highest BCUT2D eigenvalue weighted by Crippen LogP contribution is 2.35. The maximum Gasteiger partial charge on any atom is 0.163 e. The van der Waals surface area contributed by atoms with Crippen LogP contribution in [0, 0.1) is 11.3 Å². The molecule has 1 fully saturated rings. The van der Waals surface area contributed by atoms with E-state index >= 15 is 0 Å². The smallest absolute Gasteiger partial charge is 0.163 e. The summed E-state index contributed by atoms with van der Waals surface area (Å²) in [6.45, 7) is 2.91. The van der Waals surface area contributed by atoms with E-state index in [2.05, 4.69) is 25.2 Å². The summed E-state index contributed by atoms with van der Waals surface area (Å²) in [5.41, 5.74) is 9.07. The van der Waals surface area contributed by atoms with Crippen LogP contribution in [0.5, 0.6) is 0 Å². The van der Waals surface area contributed by atoms with Gasteiger partial charge >= 0.3 is 0 Å². The maximum atomic E-state index is 9.68. The van der Waals surface area contributed by atoms with Crippen molar-refractivity contribution < 1.29 is 4.74 Å². The van der Waals surface area contributed by atoms with Crippen LogP contribution in [-0.2, 0) is 4.74 Å². The number of nitrogen functional groups attached to an aromatic ring is 1. The Kier molecular flexibility index (Phi) is 4.46. The van der Waals surface area contributed by atoms with Crippen molar-refractivity contribution in [3.05, 3.63) is 41.2 Å². The molecule has 132 valence electrons. The van der Waals surface area contributed by atoms with E-state index in [-0.39, 0.29) is 0 Å². The molecule has 1 saturated heterocycles. The lowest BCUT2D eigenvalue weighted by molar-refractivity contribution is 0.122. The number of morpholine rings is 1. The van der Waals surface area contributed by atoms with E-state index in [0.29, 0.717) is 40.7 Å². The lowest BCUT2D eigenvalue weighted by atomic mass is 10.0. The van der Waals surface area contributed by atoms with Gasteiger partial charge in [0.05, 0.1) is 30.7 Å². The van der Waals surface area contributed by atoms with E-state index in [1.807, 2.05) is 28.8 Å². The Bertz CT molecular complexity index is 1040. The summed E-state index contributed by atoms with van der Waals surface area (Å²) >= 11 is 6.44. The van der Waals surface area contributed by atoms with E-state index in [1.54, 1.807) is 6.20 Å². The molecule has 0 radical (unpaired) electrons. The summed E-state index contributed by atoms with van der Waals surface area (Å²) in [5, 5.41) is 11.2. The van der Waals surface area contributed by atoms with E-state index in [1.165, 1.54) is 0 Å². The van der Waals surface area contributed by atoms with Gasteiger partial charge in [-0.15, -0.1) is 9.24 Å². The summed E-state index contributed by atoms with van der Waals surface area (Å²) < 4.78 is 7.36. The molecule has 0 aliphatic carbocycles. The van der Waals surface area contributed by atoms with Gasteiger partial charge in [-0.1, -0.05) is 23.7 Å². The molecule has 1 aromatic carbocycles. The van der Waals surface area contributed by atoms with Crippen LogP contribution < -0.4 is 15.9 Å². The van der Waals surface area contributed by atoms with Gasteiger partial charge in [0.15, 0.2) is 5.65 Å². The molecule has 3 heterocycles. The first-order valence-electron chi connectivity index (χ1n) is 8.18. The molecule has 6 nitrogen and oxygen atoms in total. The topological polar surface area (TPSA) is 79.6 Å². The summed E-state index contributed by atoms with van der Waals surface area (Å²) in [5.74, 6) is 0.930. The molecule has 0 amide bonds. The van der Waals surface area contributed by atoms with Crippen molar-refractivity contribution in [3.63, 3.8) is 0 Å². The van der Waals surface area contributed by atoms with E-state index in [4.69, 9.17) is 22.1 Å². The molecular formula is C18H17ClN5OP. The Labute approximate surface area is 158 Å². The number of hydrogen-bond donors (Lipinski definition) is 1. The van der Waals surface area contributed by atoms with Gasteiger partial charge in [-0.25, -0.2) is 4.98 Å². The van der Waals surface area contributed by atoms with Crippen LogP contribution >= 0.6 is 20.8 Å². The molecule has 0 saturated carbocycles. The minimum atomic E-state index is 0.357. The molecule has 2 aromatic heterocycles. The summed E-state index contributed by atoms with van der Waals surface area (Å²) in [7, 11) is 2.61. The highest BCUT2D eigenvalue weighted by Gasteiger charge is 2.21. The molecule has 1 unspecified atom stereocenters. The fraction of sp³-hybridized carbons (Fsp3) is 0.222. The largest absolute Gasteiger partial charge is 0.395 e. The molecule has 3 aromatic rings. The number of benzene rings is 1. The number of nitrogens with two attached hydrogens (primary N) is 1. The predicted octanol–water partition coefficient (Wildman–Crippen LogP) is 2.45. The standard InChI is InChI=1S/C18H17ClN5OP/c19-15-7-11(26)1-2-12(15)14-10-24-16(23-3-5-25-6-4-23)9-22-18(24)17(21)13(14)8-20/h1-2,7,9-10H,3-6,21,26H2.